The van der Waals surface area contributed by atoms with Gasteiger partial charge in [-0.25, -0.2) is 0 Å². The van der Waals surface area contributed by atoms with Crippen LogP contribution in [-0.2, 0) is 6.42 Å². The predicted molar refractivity (Wildman–Crippen MR) is 87.0 cm³/mol. The minimum atomic E-state index is -0.559. The molecule has 4 N–H and O–H groups in total. The largest absolute Gasteiger partial charge is 0.390 e. The van der Waals surface area contributed by atoms with Crippen molar-refractivity contribution < 1.29 is 5.11 Å². The van der Waals surface area contributed by atoms with Gasteiger partial charge in [-0.05, 0) is 24.5 Å². The molecular formula is C18H24N2O. The Morgan fingerprint density at radius 1 is 1.00 bits per heavy atom. The molecule has 0 aliphatic rings. The summed E-state index contributed by atoms with van der Waals surface area (Å²) in [4.78, 5) is 0. The number of aliphatic hydroxyl groups excluding tert-OH is 1. The third kappa shape index (κ3) is 4.97. The zero-order chi connectivity index (χ0) is 15.1. The third-order valence-corrected chi connectivity index (χ3v) is 3.74. The van der Waals surface area contributed by atoms with Gasteiger partial charge in [0.1, 0.15) is 0 Å². The van der Waals surface area contributed by atoms with Crippen molar-refractivity contribution in [3.8, 4) is 0 Å². The second-order valence-corrected chi connectivity index (χ2v) is 5.46. The predicted octanol–water partition coefficient (Wildman–Crippen LogP) is 2.27. The van der Waals surface area contributed by atoms with Gasteiger partial charge in [0.05, 0.1) is 6.10 Å². The van der Waals surface area contributed by atoms with E-state index in [9.17, 15) is 5.11 Å². The van der Waals surface area contributed by atoms with E-state index < -0.39 is 6.10 Å². The fraction of sp³-hybridized carbons (Fsp3) is 0.333. The molecule has 2 aromatic carbocycles. The van der Waals surface area contributed by atoms with E-state index in [-0.39, 0.29) is 12.1 Å². The van der Waals surface area contributed by atoms with Crippen LogP contribution in [0.3, 0.4) is 0 Å². The molecule has 2 aromatic rings. The van der Waals surface area contributed by atoms with E-state index in [0.717, 1.165) is 5.56 Å². The Morgan fingerprint density at radius 3 is 2.19 bits per heavy atom. The molecule has 112 valence electrons. The summed E-state index contributed by atoms with van der Waals surface area (Å²) in [7, 11) is 0. The summed E-state index contributed by atoms with van der Waals surface area (Å²) in [6.07, 6.45) is 0.125. The van der Waals surface area contributed by atoms with Crippen LogP contribution in [0.2, 0.25) is 0 Å². The molecule has 1 unspecified atom stereocenters. The van der Waals surface area contributed by atoms with Gasteiger partial charge < -0.3 is 16.2 Å². The van der Waals surface area contributed by atoms with Crippen molar-refractivity contribution in [2.45, 2.75) is 31.5 Å². The maximum Gasteiger partial charge on any atom is 0.0818 e. The van der Waals surface area contributed by atoms with Crippen molar-refractivity contribution in [2.24, 2.45) is 5.73 Å². The summed E-state index contributed by atoms with van der Waals surface area (Å²) >= 11 is 0. The summed E-state index contributed by atoms with van der Waals surface area (Å²) in [6.45, 7) is 2.58. The van der Waals surface area contributed by atoms with Crippen LogP contribution in [-0.4, -0.2) is 23.8 Å². The number of nitrogens with two attached hydrogens (primary N) is 1. The van der Waals surface area contributed by atoms with Crippen LogP contribution in [0.4, 0.5) is 0 Å². The highest BCUT2D eigenvalue weighted by atomic mass is 16.3. The van der Waals surface area contributed by atoms with E-state index in [1.54, 1.807) is 0 Å². The molecule has 0 radical (unpaired) electrons. The maximum absolute atomic E-state index is 10.2. The van der Waals surface area contributed by atoms with Crippen LogP contribution < -0.4 is 11.1 Å². The van der Waals surface area contributed by atoms with Crippen LogP contribution >= 0.6 is 0 Å². The molecule has 0 heterocycles. The number of hydrogen-bond acceptors (Lipinski definition) is 3. The zero-order valence-electron chi connectivity index (χ0n) is 12.4. The number of aliphatic hydroxyl groups is 1. The number of benzene rings is 2. The Kier molecular flexibility index (Phi) is 5.93. The van der Waals surface area contributed by atoms with Crippen LogP contribution in [0, 0.1) is 0 Å². The first-order valence-electron chi connectivity index (χ1n) is 7.42. The smallest absolute Gasteiger partial charge is 0.0818 e. The summed E-state index contributed by atoms with van der Waals surface area (Å²) in [5.74, 6) is 0. The van der Waals surface area contributed by atoms with Crippen LogP contribution in [0.1, 0.15) is 24.1 Å². The minimum Gasteiger partial charge on any atom is -0.390 e. The van der Waals surface area contributed by atoms with Gasteiger partial charge in [0, 0.05) is 18.6 Å². The first-order chi connectivity index (χ1) is 10.2. The molecule has 0 bridgehead atoms. The topological polar surface area (TPSA) is 58.3 Å². The molecule has 0 aromatic heterocycles. The van der Waals surface area contributed by atoms with Crippen molar-refractivity contribution in [3.05, 3.63) is 71.8 Å². The average Bonchev–Trinajstić information content (AvgIpc) is 2.54. The van der Waals surface area contributed by atoms with Gasteiger partial charge in [0.15, 0.2) is 0 Å². The van der Waals surface area contributed by atoms with E-state index >= 15 is 0 Å². The highest BCUT2D eigenvalue weighted by molar-refractivity contribution is 5.18. The highest BCUT2D eigenvalue weighted by Crippen LogP contribution is 2.11. The van der Waals surface area contributed by atoms with Crippen molar-refractivity contribution in [2.75, 3.05) is 6.54 Å². The monoisotopic (exact) mass is 284 g/mol. The van der Waals surface area contributed by atoms with Crippen LogP contribution in [0.15, 0.2) is 60.7 Å². The van der Waals surface area contributed by atoms with Gasteiger partial charge in [-0.1, -0.05) is 60.7 Å². The van der Waals surface area contributed by atoms with Crippen molar-refractivity contribution in [1.29, 1.82) is 0 Å². The molecule has 3 atom stereocenters. The first-order valence-corrected chi connectivity index (χ1v) is 7.42. The Labute approximate surface area is 126 Å². The van der Waals surface area contributed by atoms with E-state index in [1.807, 2.05) is 48.5 Å². The molecule has 0 amide bonds. The quantitative estimate of drug-likeness (QED) is 0.731. The van der Waals surface area contributed by atoms with Crippen molar-refractivity contribution in [3.63, 3.8) is 0 Å². The molecule has 0 saturated carbocycles. The van der Waals surface area contributed by atoms with Crippen LogP contribution in [0.5, 0.6) is 0 Å². The molecule has 2 rings (SSSR count). The maximum atomic E-state index is 10.2. The summed E-state index contributed by atoms with van der Waals surface area (Å²) in [5.41, 5.74) is 8.45. The van der Waals surface area contributed by atoms with Crippen molar-refractivity contribution >= 4 is 0 Å². The standard InChI is InChI=1S/C18H24N2O/c1-14(16-10-6-3-7-11-16)20-13-18(21)17(19)12-15-8-4-2-5-9-15/h2-11,14,17-18,20-21H,12-13,19H2,1H3/t14-,17?,18+/m1/s1. The summed E-state index contributed by atoms with van der Waals surface area (Å²) in [5, 5.41) is 13.5. The second-order valence-electron chi connectivity index (χ2n) is 5.46. The Hall–Kier alpha value is -1.68. The van der Waals surface area contributed by atoms with E-state index in [2.05, 4.69) is 24.4 Å². The molecule has 0 spiro atoms. The molecule has 3 nitrogen and oxygen atoms in total. The zero-order valence-corrected chi connectivity index (χ0v) is 12.4. The van der Waals surface area contributed by atoms with Gasteiger partial charge >= 0.3 is 0 Å². The Morgan fingerprint density at radius 2 is 1.57 bits per heavy atom. The second kappa shape index (κ2) is 7.93. The van der Waals surface area contributed by atoms with Gasteiger partial charge in [-0.2, -0.15) is 0 Å². The lowest BCUT2D eigenvalue weighted by Gasteiger charge is -2.22. The Bertz CT molecular complexity index is 515. The molecule has 0 aliphatic heterocycles. The van der Waals surface area contributed by atoms with Gasteiger partial charge in [0.25, 0.3) is 0 Å². The first kappa shape index (κ1) is 15.7. The fourth-order valence-electron chi connectivity index (χ4n) is 2.33. The lowest BCUT2D eigenvalue weighted by molar-refractivity contribution is 0.138. The molecule has 0 fully saturated rings. The number of rotatable bonds is 7. The Balaban J connectivity index is 1.80. The average molecular weight is 284 g/mol. The van der Waals surface area contributed by atoms with E-state index in [4.69, 9.17) is 5.73 Å². The number of nitrogens with one attached hydrogen (secondary N) is 1. The SMILES string of the molecule is C[C@@H](NC[C@H](O)C(N)Cc1ccccc1)c1ccccc1. The van der Waals surface area contributed by atoms with Gasteiger partial charge in [-0.3, -0.25) is 0 Å². The lowest BCUT2D eigenvalue weighted by Crippen LogP contribution is -2.43. The molecular weight excluding hydrogens is 260 g/mol. The molecule has 0 aliphatic carbocycles. The van der Waals surface area contributed by atoms with E-state index in [0.29, 0.717) is 13.0 Å². The number of hydrogen-bond donors (Lipinski definition) is 3. The molecule has 3 heteroatoms. The van der Waals surface area contributed by atoms with Gasteiger partial charge in [-0.15, -0.1) is 0 Å². The van der Waals surface area contributed by atoms with E-state index in [1.165, 1.54) is 5.56 Å². The summed E-state index contributed by atoms with van der Waals surface area (Å²) < 4.78 is 0. The highest BCUT2D eigenvalue weighted by Gasteiger charge is 2.16. The fourth-order valence-corrected chi connectivity index (χ4v) is 2.33. The lowest BCUT2D eigenvalue weighted by atomic mass is 10.0. The molecule has 0 saturated heterocycles. The molecule has 21 heavy (non-hydrogen) atoms. The third-order valence-electron chi connectivity index (χ3n) is 3.74. The van der Waals surface area contributed by atoms with Gasteiger partial charge in [0.2, 0.25) is 0 Å². The summed E-state index contributed by atoms with van der Waals surface area (Å²) in [6, 6.07) is 20.2. The normalized spacial score (nSPS) is 15.4. The van der Waals surface area contributed by atoms with Crippen LogP contribution in [0.25, 0.3) is 0 Å². The minimum absolute atomic E-state index is 0.199. The van der Waals surface area contributed by atoms with Crippen molar-refractivity contribution in [1.82, 2.24) is 5.32 Å².